The minimum Gasteiger partial charge on any atom is -0.495 e. The number of ether oxygens (including phenoxy) is 1. The third-order valence-electron chi connectivity index (χ3n) is 5.05. The number of rotatable bonds is 6. The number of amides is 1. The summed E-state index contributed by atoms with van der Waals surface area (Å²) in [6.45, 7) is 4.69. The number of nitrogens with zero attached hydrogens (tertiary/aromatic N) is 1. The van der Waals surface area contributed by atoms with Crippen molar-refractivity contribution in [3.63, 3.8) is 0 Å². The Morgan fingerprint density at radius 3 is 2.50 bits per heavy atom. The lowest BCUT2D eigenvalue weighted by atomic mass is 9.88. The molecule has 146 valence electrons. The summed E-state index contributed by atoms with van der Waals surface area (Å²) in [7, 11) is -2.13. The van der Waals surface area contributed by atoms with E-state index < -0.39 is 10.0 Å². The summed E-state index contributed by atoms with van der Waals surface area (Å²) in [6.07, 6.45) is 1.76. The highest BCUT2D eigenvalue weighted by Crippen LogP contribution is 2.31. The molecule has 1 unspecified atom stereocenters. The number of sulfonamides is 1. The molecule has 0 spiro atoms. The zero-order valence-electron chi connectivity index (χ0n) is 15.0. The second-order valence-corrected chi connectivity index (χ2v) is 8.58. The predicted molar refractivity (Wildman–Crippen MR) is 102 cm³/mol. The van der Waals surface area contributed by atoms with Crippen molar-refractivity contribution in [1.29, 1.82) is 0 Å². The lowest BCUT2D eigenvalue weighted by Crippen LogP contribution is -2.48. The van der Waals surface area contributed by atoms with Gasteiger partial charge in [-0.2, -0.15) is 4.31 Å². The number of anilines is 1. The zero-order valence-corrected chi connectivity index (χ0v) is 16.7. The second-order valence-electron chi connectivity index (χ2n) is 6.67. The fourth-order valence-corrected chi connectivity index (χ4v) is 4.81. The minimum atomic E-state index is -3.56. The van der Waals surface area contributed by atoms with Crippen molar-refractivity contribution < 1.29 is 17.9 Å². The Hall–Kier alpha value is -1.35. The molecule has 0 aliphatic carbocycles. The van der Waals surface area contributed by atoms with Gasteiger partial charge in [0.05, 0.1) is 7.11 Å². The average molecular weight is 404 g/mol. The summed E-state index contributed by atoms with van der Waals surface area (Å²) in [5, 5.41) is 6.02. The number of hydrogen-bond acceptors (Lipinski definition) is 5. The second kappa shape index (κ2) is 8.56. The molecule has 26 heavy (non-hydrogen) atoms. The first kappa shape index (κ1) is 21.0. The Bertz CT molecular complexity index is 746. The normalized spacial score (nSPS) is 19.3. The summed E-state index contributed by atoms with van der Waals surface area (Å²) in [5.74, 6) is 0.434. The fraction of sp³-hybridized carbons (Fsp3) is 0.588. The van der Waals surface area contributed by atoms with Crippen molar-refractivity contribution >= 4 is 34.0 Å². The highest BCUT2D eigenvalue weighted by Gasteiger charge is 2.31. The Morgan fingerprint density at radius 1 is 1.31 bits per heavy atom. The molecule has 0 saturated carbocycles. The van der Waals surface area contributed by atoms with Gasteiger partial charge in [-0.25, -0.2) is 8.42 Å². The van der Waals surface area contributed by atoms with E-state index in [0.29, 0.717) is 24.7 Å². The van der Waals surface area contributed by atoms with Gasteiger partial charge in [0, 0.05) is 30.8 Å². The lowest BCUT2D eigenvalue weighted by molar-refractivity contribution is -0.121. The molecule has 2 aliphatic heterocycles. The topological polar surface area (TPSA) is 87.7 Å². The van der Waals surface area contributed by atoms with E-state index in [1.165, 1.54) is 17.5 Å². The van der Waals surface area contributed by atoms with Crippen molar-refractivity contribution in [1.82, 2.24) is 9.62 Å². The van der Waals surface area contributed by atoms with Crippen LogP contribution in [0.5, 0.6) is 5.75 Å². The van der Waals surface area contributed by atoms with Crippen LogP contribution < -0.4 is 15.4 Å². The number of halogens is 1. The number of hydrogen-bond donors (Lipinski definition) is 2. The van der Waals surface area contributed by atoms with Gasteiger partial charge in [-0.3, -0.25) is 4.79 Å². The van der Waals surface area contributed by atoms with Gasteiger partial charge in [0.25, 0.3) is 0 Å². The van der Waals surface area contributed by atoms with E-state index in [0.717, 1.165) is 25.9 Å². The van der Waals surface area contributed by atoms with Gasteiger partial charge >= 0.3 is 0 Å². The molecular weight excluding hydrogens is 378 g/mol. The Kier molecular flexibility index (Phi) is 6.90. The maximum absolute atomic E-state index is 12.7. The van der Waals surface area contributed by atoms with E-state index in [4.69, 9.17) is 4.74 Å². The molecule has 2 heterocycles. The summed E-state index contributed by atoms with van der Waals surface area (Å²) in [4.78, 5) is 12.5. The van der Waals surface area contributed by atoms with Crippen LogP contribution in [0.4, 0.5) is 5.69 Å². The Morgan fingerprint density at radius 2 is 1.96 bits per heavy atom. The maximum Gasteiger partial charge on any atom is 0.246 e. The first-order chi connectivity index (χ1) is 11.9. The van der Waals surface area contributed by atoms with Crippen LogP contribution in [0.15, 0.2) is 23.1 Å². The Labute approximate surface area is 160 Å². The number of carbonyl (C=O) groups is 1. The molecule has 2 N–H and O–H groups in total. The molecule has 2 saturated heterocycles. The van der Waals surface area contributed by atoms with Crippen molar-refractivity contribution in [2.75, 3.05) is 38.6 Å². The number of nitrogens with one attached hydrogen (secondary N) is 2. The molecule has 0 aromatic heterocycles. The van der Waals surface area contributed by atoms with Crippen molar-refractivity contribution in [2.45, 2.75) is 24.7 Å². The minimum absolute atomic E-state index is 0. The summed E-state index contributed by atoms with van der Waals surface area (Å²) in [5.41, 5.74) is 0.543. The molecule has 0 radical (unpaired) electrons. The molecule has 1 aromatic rings. The molecule has 1 aromatic carbocycles. The van der Waals surface area contributed by atoms with E-state index in [-0.39, 0.29) is 34.9 Å². The lowest BCUT2D eigenvalue weighted by Gasteiger charge is -2.31. The number of methoxy groups -OCH3 is 1. The highest BCUT2D eigenvalue weighted by atomic mass is 35.5. The van der Waals surface area contributed by atoms with Crippen LogP contribution in [0.1, 0.15) is 19.8 Å². The Balaban J connectivity index is 0.00000243. The van der Waals surface area contributed by atoms with Crippen molar-refractivity contribution in [3.05, 3.63) is 18.2 Å². The number of carbonyl (C=O) groups excluding carboxylic acids is 1. The van der Waals surface area contributed by atoms with Gasteiger partial charge < -0.3 is 15.4 Å². The van der Waals surface area contributed by atoms with Crippen LogP contribution in [0.2, 0.25) is 0 Å². The monoisotopic (exact) mass is 403 g/mol. The van der Waals surface area contributed by atoms with E-state index >= 15 is 0 Å². The first-order valence-corrected chi connectivity index (χ1v) is 10.1. The van der Waals surface area contributed by atoms with Crippen molar-refractivity contribution in [2.24, 2.45) is 11.8 Å². The quantitative estimate of drug-likeness (QED) is 0.754. The standard InChI is InChI=1S/C17H25N3O4S.ClH/c1-12(13-10-18-11-13)17(21)19-14-5-6-16(15(9-14)24-2)25(22,23)20-7-3-4-8-20;/h5-6,9,12-13,18H,3-4,7-8,10-11H2,1-2H3,(H,19,21);1H. The maximum atomic E-state index is 12.7. The molecule has 2 aliphatic rings. The average Bonchev–Trinajstić information content (AvgIpc) is 3.08. The summed E-state index contributed by atoms with van der Waals surface area (Å²) in [6, 6.07) is 4.71. The first-order valence-electron chi connectivity index (χ1n) is 8.63. The van der Waals surface area contributed by atoms with Crippen LogP contribution in [0, 0.1) is 11.8 Å². The fourth-order valence-electron chi connectivity index (χ4n) is 3.16. The largest absolute Gasteiger partial charge is 0.495 e. The van der Waals surface area contributed by atoms with Crippen LogP contribution in [-0.2, 0) is 14.8 Å². The van der Waals surface area contributed by atoms with Crippen LogP contribution in [0.3, 0.4) is 0 Å². The van der Waals surface area contributed by atoms with E-state index in [1.807, 2.05) is 6.92 Å². The van der Waals surface area contributed by atoms with Gasteiger partial charge in [0.2, 0.25) is 15.9 Å². The molecule has 7 nitrogen and oxygen atoms in total. The van der Waals surface area contributed by atoms with Gasteiger partial charge in [-0.1, -0.05) is 6.92 Å². The van der Waals surface area contributed by atoms with Crippen molar-refractivity contribution in [3.8, 4) is 5.75 Å². The highest BCUT2D eigenvalue weighted by molar-refractivity contribution is 7.89. The molecule has 0 bridgehead atoms. The summed E-state index contributed by atoms with van der Waals surface area (Å²) < 4.78 is 32.3. The van der Waals surface area contributed by atoms with E-state index in [9.17, 15) is 13.2 Å². The predicted octanol–water partition coefficient (Wildman–Crippen LogP) is 1.70. The third-order valence-corrected chi connectivity index (χ3v) is 6.99. The van der Waals surface area contributed by atoms with Crippen LogP contribution in [0.25, 0.3) is 0 Å². The van der Waals surface area contributed by atoms with E-state index in [1.54, 1.807) is 12.1 Å². The molecule has 1 amide bonds. The smallest absolute Gasteiger partial charge is 0.246 e. The SMILES string of the molecule is COc1cc(NC(=O)C(C)C2CNC2)ccc1S(=O)(=O)N1CCCC1.Cl. The molecule has 1 atom stereocenters. The zero-order chi connectivity index (χ0) is 18.0. The van der Waals surface area contributed by atoms with Crippen LogP contribution in [-0.4, -0.2) is 51.9 Å². The molecular formula is C17H26ClN3O4S. The van der Waals surface area contributed by atoms with E-state index in [2.05, 4.69) is 10.6 Å². The molecule has 9 heteroatoms. The molecule has 3 rings (SSSR count). The summed E-state index contributed by atoms with van der Waals surface area (Å²) >= 11 is 0. The van der Waals surface area contributed by atoms with Gasteiger partial charge in [-0.15, -0.1) is 12.4 Å². The third kappa shape index (κ3) is 4.14. The molecule has 2 fully saturated rings. The van der Waals surface area contributed by atoms with Gasteiger partial charge in [-0.05, 0) is 44.0 Å². The van der Waals surface area contributed by atoms with Gasteiger partial charge in [0.15, 0.2) is 0 Å². The number of benzene rings is 1. The van der Waals surface area contributed by atoms with Crippen LogP contribution >= 0.6 is 12.4 Å². The van der Waals surface area contributed by atoms with Gasteiger partial charge in [0.1, 0.15) is 10.6 Å².